The van der Waals surface area contributed by atoms with Crippen molar-refractivity contribution in [1.29, 1.82) is 0 Å². The number of rotatable bonds is 2. The van der Waals surface area contributed by atoms with Crippen LogP contribution >= 0.6 is 7.92 Å². The van der Waals surface area contributed by atoms with Crippen LogP contribution in [0, 0.1) is 7.43 Å². The molecule has 0 atom stereocenters. The van der Waals surface area contributed by atoms with E-state index in [1.165, 1.54) is 0 Å². The molecule has 0 bridgehead atoms. The van der Waals surface area contributed by atoms with Crippen LogP contribution in [0.25, 0.3) is 0 Å². The largest absolute Gasteiger partial charge is 0.358 e. The first-order valence-corrected chi connectivity index (χ1v) is 6.62. The van der Waals surface area contributed by atoms with Crippen LogP contribution in [0.2, 0.25) is 0 Å². The standard InChI is InChI=1S/C11H23OP.CH3.Ni/c1-9(12)8-13(10(2,3)4)11(5,6)7;;/h8H2,1-7H3;1H3;/q;-1;/p+1. The van der Waals surface area contributed by atoms with E-state index in [1.54, 1.807) is 6.92 Å². The van der Waals surface area contributed by atoms with Gasteiger partial charge in [0.2, 0.25) is 0 Å². The van der Waals surface area contributed by atoms with Crippen LogP contribution in [0.4, 0.5) is 0 Å². The maximum atomic E-state index is 11.2. The van der Waals surface area contributed by atoms with Crippen molar-refractivity contribution < 1.29 is 21.3 Å². The van der Waals surface area contributed by atoms with Crippen LogP contribution in [-0.4, -0.2) is 22.3 Å². The van der Waals surface area contributed by atoms with E-state index in [0.29, 0.717) is 16.1 Å². The van der Waals surface area contributed by atoms with E-state index in [9.17, 15) is 4.79 Å². The molecular formula is C12H27NiOP. The van der Waals surface area contributed by atoms with Crippen molar-refractivity contribution in [2.45, 2.75) is 58.8 Å². The second kappa shape index (κ2) is 7.02. The predicted molar refractivity (Wildman–Crippen MR) is 69.8 cm³/mol. The Morgan fingerprint density at radius 2 is 1.27 bits per heavy atom. The maximum absolute atomic E-state index is 11.2. The Kier molecular flexibility index (Phi) is 9.81. The van der Waals surface area contributed by atoms with E-state index < -0.39 is 7.92 Å². The summed E-state index contributed by atoms with van der Waals surface area (Å²) in [6.45, 7) is 15.3. The zero-order chi connectivity index (χ0) is 10.9. The quantitative estimate of drug-likeness (QED) is 0.426. The predicted octanol–water partition coefficient (Wildman–Crippen LogP) is 3.83. The van der Waals surface area contributed by atoms with E-state index >= 15 is 0 Å². The molecule has 0 heterocycles. The van der Waals surface area contributed by atoms with Crippen LogP contribution in [0.15, 0.2) is 0 Å². The summed E-state index contributed by atoms with van der Waals surface area (Å²) >= 11 is 0. The van der Waals surface area contributed by atoms with E-state index in [0.717, 1.165) is 6.16 Å². The van der Waals surface area contributed by atoms with Gasteiger partial charge in [-0.05, 0) is 48.5 Å². The molecule has 0 radical (unpaired) electrons. The summed E-state index contributed by atoms with van der Waals surface area (Å²) in [6.07, 6.45) is 0.803. The molecule has 0 unspecified atom stereocenters. The van der Waals surface area contributed by atoms with Crippen LogP contribution in [0.1, 0.15) is 48.5 Å². The Morgan fingerprint density at radius 1 is 1.00 bits per heavy atom. The summed E-state index contributed by atoms with van der Waals surface area (Å²) in [5.74, 6) is 0.346. The topological polar surface area (TPSA) is 17.1 Å². The minimum atomic E-state index is -0.625. The van der Waals surface area contributed by atoms with Crippen molar-refractivity contribution in [3.63, 3.8) is 0 Å². The molecule has 0 spiro atoms. The van der Waals surface area contributed by atoms with E-state index in [1.807, 2.05) is 0 Å². The van der Waals surface area contributed by atoms with Crippen LogP contribution < -0.4 is 0 Å². The molecule has 0 fully saturated rings. The molecule has 0 aliphatic rings. The summed E-state index contributed by atoms with van der Waals surface area (Å²) in [4.78, 5) is 11.2. The van der Waals surface area contributed by atoms with Gasteiger partial charge in [-0.15, -0.1) is 0 Å². The smallest absolute Gasteiger partial charge is 0.166 e. The van der Waals surface area contributed by atoms with Crippen molar-refractivity contribution in [2.75, 3.05) is 6.16 Å². The van der Waals surface area contributed by atoms with Gasteiger partial charge < -0.3 is 7.43 Å². The number of carbonyl (C=O) groups excluding carboxylic acids is 1. The zero-order valence-electron chi connectivity index (χ0n) is 11.4. The molecule has 0 aliphatic heterocycles. The third-order valence-electron chi connectivity index (χ3n) is 2.24. The SMILES string of the molecule is CC(=O)C[PH+](C(C)(C)C)C(C)(C)C.[CH3-].[Ni]. The van der Waals surface area contributed by atoms with Gasteiger partial charge in [0.25, 0.3) is 0 Å². The van der Waals surface area contributed by atoms with Gasteiger partial charge >= 0.3 is 0 Å². The first kappa shape index (κ1) is 20.9. The van der Waals surface area contributed by atoms with Crippen molar-refractivity contribution >= 4 is 13.7 Å². The molecule has 0 amide bonds. The Balaban J connectivity index is -0.000000720. The molecule has 0 N–H and O–H groups in total. The van der Waals surface area contributed by atoms with Crippen LogP contribution in [0.5, 0.6) is 0 Å². The van der Waals surface area contributed by atoms with E-state index in [2.05, 4.69) is 41.5 Å². The fraction of sp³-hybridized carbons (Fsp3) is 0.833. The van der Waals surface area contributed by atoms with Gasteiger partial charge in [0, 0.05) is 24.4 Å². The van der Waals surface area contributed by atoms with Crippen molar-refractivity contribution in [2.24, 2.45) is 0 Å². The number of ketones is 1. The molecule has 0 rings (SSSR count). The Bertz CT molecular complexity index is 175. The molecule has 0 saturated heterocycles. The number of hydrogen-bond acceptors (Lipinski definition) is 1. The molecule has 0 aromatic rings. The molecule has 0 aromatic carbocycles. The third kappa shape index (κ3) is 8.41. The van der Waals surface area contributed by atoms with Crippen molar-refractivity contribution in [3.8, 4) is 0 Å². The maximum Gasteiger partial charge on any atom is 0.166 e. The first-order valence-electron chi connectivity index (χ1n) is 4.91. The molecular weight excluding hydrogens is 250 g/mol. The molecule has 0 aliphatic carbocycles. The summed E-state index contributed by atoms with van der Waals surface area (Å²) in [6, 6.07) is 0. The van der Waals surface area contributed by atoms with Crippen LogP contribution in [0.3, 0.4) is 0 Å². The Morgan fingerprint density at radius 3 is 1.33 bits per heavy atom. The third-order valence-corrected chi connectivity index (χ3v) is 6.71. The first-order chi connectivity index (χ1) is 5.55. The average molecular weight is 277 g/mol. The number of Topliss-reactive ketones (excluding diaryl/α,β-unsaturated/α-hetero) is 1. The van der Waals surface area contributed by atoms with E-state index in [4.69, 9.17) is 0 Å². The monoisotopic (exact) mass is 276 g/mol. The fourth-order valence-corrected chi connectivity index (χ4v) is 5.71. The molecule has 1 nitrogen and oxygen atoms in total. The van der Waals surface area contributed by atoms with E-state index in [-0.39, 0.29) is 23.9 Å². The normalized spacial score (nSPS) is 11.7. The van der Waals surface area contributed by atoms with Gasteiger partial charge in [0.1, 0.15) is 6.16 Å². The minimum Gasteiger partial charge on any atom is -0.358 e. The summed E-state index contributed by atoms with van der Waals surface area (Å²) in [7, 11) is -0.625. The molecule has 0 saturated carbocycles. The van der Waals surface area contributed by atoms with Gasteiger partial charge in [0.05, 0.1) is 10.3 Å². The average Bonchev–Trinajstić information content (AvgIpc) is 1.77. The van der Waals surface area contributed by atoms with Crippen molar-refractivity contribution in [1.82, 2.24) is 0 Å². The second-order valence-electron chi connectivity index (χ2n) is 5.86. The fourth-order valence-electron chi connectivity index (χ4n) is 1.90. The minimum absolute atomic E-state index is 0. The molecule has 96 valence electrons. The molecule has 3 heteroatoms. The Hall–Kier alpha value is 0.594. The van der Waals surface area contributed by atoms with Gasteiger partial charge in [0.15, 0.2) is 5.78 Å². The van der Waals surface area contributed by atoms with Gasteiger partial charge in [-0.2, -0.15) is 0 Å². The zero-order valence-corrected chi connectivity index (χ0v) is 13.4. The summed E-state index contributed by atoms with van der Waals surface area (Å²) < 4.78 is 0. The summed E-state index contributed by atoms with van der Waals surface area (Å²) in [5, 5.41) is 0.628. The number of hydrogen-bond donors (Lipinski definition) is 0. The van der Waals surface area contributed by atoms with Gasteiger partial charge in [-0.1, -0.05) is 0 Å². The summed E-state index contributed by atoms with van der Waals surface area (Å²) in [5.41, 5.74) is 0. The second-order valence-corrected chi connectivity index (χ2v) is 10.2. The molecule has 0 aromatic heterocycles. The van der Waals surface area contributed by atoms with Gasteiger partial charge in [-0.25, -0.2) is 0 Å². The van der Waals surface area contributed by atoms with Crippen molar-refractivity contribution in [3.05, 3.63) is 7.43 Å². The Labute approximate surface area is 107 Å². The van der Waals surface area contributed by atoms with Gasteiger partial charge in [-0.3, -0.25) is 4.79 Å². The molecule has 15 heavy (non-hydrogen) atoms. The van der Waals surface area contributed by atoms with Crippen LogP contribution in [-0.2, 0) is 21.3 Å². The number of carbonyl (C=O) groups is 1.